The first kappa shape index (κ1) is 17.4. The summed E-state index contributed by atoms with van der Waals surface area (Å²) in [7, 11) is 0. The van der Waals surface area contributed by atoms with Crippen LogP contribution in [0.15, 0.2) is 41.0 Å². The predicted octanol–water partition coefficient (Wildman–Crippen LogP) is 3.41. The minimum Gasteiger partial charge on any atom is -0.459 e. The van der Waals surface area contributed by atoms with Crippen LogP contribution < -0.4 is 5.32 Å². The Labute approximate surface area is 157 Å². The number of hydrogen-bond acceptors (Lipinski definition) is 3. The molecule has 6 nitrogen and oxygen atoms in total. The first-order chi connectivity index (χ1) is 13.0. The zero-order valence-corrected chi connectivity index (χ0v) is 15.5. The third kappa shape index (κ3) is 3.23. The summed E-state index contributed by atoms with van der Waals surface area (Å²) in [4.78, 5) is 30.5. The van der Waals surface area contributed by atoms with Crippen molar-refractivity contribution in [3.63, 3.8) is 0 Å². The number of rotatable bonds is 3. The molecule has 3 aromatic rings. The van der Waals surface area contributed by atoms with E-state index in [1.54, 1.807) is 17.0 Å². The summed E-state index contributed by atoms with van der Waals surface area (Å²) >= 11 is 0. The van der Waals surface area contributed by atoms with Gasteiger partial charge in [-0.25, -0.2) is 0 Å². The maximum atomic E-state index is 12.9. The molecule has 2 N–H and O–H groups in total. The standard InChI is InChI=1S/C21H23N3O3/c1-13-14(2)22-19-16(13)7-3-8-17(19)20(25)23-15-6-4-10-24(12-15)21(26)18-9-5-11-27-18/h3,5,7-9,11,15,22H,4,6,10,12H2,1-2H3,(H,23,25)/t15-/m1/s1. The van der Waals surface area contributed by atoms with Crippen LogP contribution in [0.3, 0.4) is 0 Å². The molecule has 0 aliphatic carbocycles. The number of fused-ring (bicyclic) bond motifs is 1. The van der Waals surface area contributed by atoms with Crippen LogP contribution in [0.1, 0.15) is 45.0 Å². The smallest absolute Gasteiger partial charge is 0.289 e. The lowest BCUT2D eigenvalue weighted by molar-refractivity contribution is 0.0647. The number of furan rings is 1. The van der Waals surface area contributed by atoms with E-state index in [-0.39, 0.29) is 17.9 Å². The number of nitrogens with one attached hydrogen (secondary N) is 2. The van der Waals surface area contributed by atoms with Gasteiger partial charge in [0, 0.05) is 30.2 Å². The number of carbonyl (C=O) groups excluding carboxylic acids is 2. The first-order valence-corrected chi connectivity index (χ1v) is 9.26. The lowest BCUT2D eigenvalue weighted by Gasteiger charge is -2.32. The average molecular weight is 365 g/mol. The maximum absolute atomic E-state index is 12.9. The van der Waals surface area contributed by atoms with Crippen molar-refractivity contribution in [1.82, 2.24) is 15.2 Å². The van der Waals surface area contributed by atoms with Crippen LogP contribution in [-0.4, -0.2) is 40.8 Å². The molecule has 1 atom stereocenters. The third-order valence-electron chi connectivity index (χ3n) is 5.36. The summed E-state index contributed by atoms with van der Waals surface area (Å²) in [5, 5.41) is 4.17. The number of piperidine rings is 1. The highest BCUT2D eigenvalue weighted by Gasteiger charge is 2.27. The number of aromatic nitrogens is 1. The van der Waals surface area contributed by atoms with Gasteiger partial charge in [-0.3, -0.25) is 9.59 Å². The van der Waals surface area contributed by atoms with Gasteiger partial charge in [0.1, 0.15) is 0 Å². The fraction of sp³-hybridized carbons (Fsp3) is 0.333. The molecule has 1 aromatic carbocycles. The van der Waals surface area contributed by atoms with Gasteiger partial charge in [-0.15, -0.1) is 0 Å². The number of para-hydroxylation sites is 1. The number of aromatic amines is 1. The second-order valence-corrected chi connectivity index (χ2v) is 7.14. The van der Waals surface area contributed by atoms with Crippen molar-refractivity contribution in [2.75, 3.05) is 13.1 Å². The molecule has 3 heterocycles. The topological polar surface area (TPSA) is 78.3 Å². The second kappa shape index (κ2) is 6.95. The molecule has 6 heteroatoms. The Morgan fingerprint density at radius 1 is 1.22 bits per heavy atom. The molecule has 0 unspecified atom stereocenters. The molecule has 1 aliphatic rings. The minimum absolute atomic E-state index is 0.0717. The number of aryl methyl sites for hydroxylation is 2. The molecular formula is C21H23N3O3. The van der Waals surface area contributed by atoms with Crippen LogP contribution >= 0.6 is 0 Å². The number of nitrogens with zero attached hydrogens (tertiary/aromatic N) is 1. The van der Waals surface area contributed by atoms with Gasteiger partial charge in [0.2, 0.25) is 0 Å². The molecule has 27 heavy (non-hydrogen) atoms. The van der Waals surface area contributed by atoms with E-state index in [0.29, 0.717) is 24.4 Å². The van der Waals surface area contributed by atoms with E-state index in [0.717, 1.165) is 35.0 Å². The van der Waals surface area contributed by atoms with Crippen molar-refractivity contribution in [2.45, 2.75) is 32.7 Å². The number of likely N-dealkylation sites (tertiary alicyclic amines) is 1. The van der Waals surface area contributed by atoms with Gasteiger partial charge in [-0.05, 0) is 50.5 Å². The number of hydrogen-bond donors (Lipinski definition) is 2. The fourth-order valence-electron chi connectivity index (χ4n) is 3.77. The normalized spacial score (nSPS) is 17.3. The zero-order chi connectivity index (χ0) is 19.0. The Balaban J connectivity index is 1.50. The fourth-order valence-corrected chi connectivity index (χ4v) is 3.77. The van der Waals surface area contributed by atoms with E-state index in [1.165, 1.54) is 6.26 Å². The third-order valence-corrected chi connectivity index (χ3v) is 5.36. The molecule has 0 spiro atoms. The Morgan fingerprint density at radius 3 is 2.85 bits per heavy atom. The van der Waals surface area contributed by atoms with Gasteiger partial charge in [-0.2, -0.15) is 0 Å². The molecule has 4 rings (SSSR count). The predicted molar refractivity (Wildman–Crippen MR) is 103 cm³/mol. The van der Waals surface area contributed by atoms with Gasteiger partial charge >= 0.3 is 0 Å². The summed E-state index contributed by atoms with van der Waals surface area (Å²) in [5.74, 6) is 0.0971. The van der Waals surface area contributed by atoms with Gasteiger partial charge < -0.3 is 19.6 Å². The lowest BCUT2D eigenvalue weighted by atomic mass is 10.0. The highest BCUT2D eigenvalue weighted by molar-refractivity contribution is 6.06. The average Bonchev–Trinajstić information content (AvgIpc) is 3.30. The molecule has 1 fully saturated rings. The monoisotopic (exact) mass is 365 g/mol. The summed E-state index contributed by atoms with van der Waals surface area (Å²) in [5.41, 5.74) is 3.73. The van der Waals surface area contributed by atoms with Crippen molar-refractivity contribution < 1.29 is 14.0 Å². The summed E-state index contributed by atoms with van der Waals surface area (Å²) in [6.07, 6.45) is 3.20. The lowest BCUT2D eigenvalue weighted by Crippen LogP contribution is -2.49. The minimum atomic E-state index is -0.128. The Hall–Kier alpha value is -3.02. The summed E-state index contributed by atoms with van der Waals surface area (Å²) in [6, 6.07) is 9.07. The molecular weight excluding hydrogens is 342 g/mol. The summed E-state index contributed by atoms with van der Waals surface area (Å²) < 4.78 is 5.21. The van der Waals surface area contributed by atoms with Gasteiger partial charge in [0.05, 0.1) is 17.3 Å². The zero-order valence-electron chi connectivity index (χ0n) is 15.5. The van der Waals surface area contributed by atoms with Gasteiger partial charge in [0.15, 0.2) is 5.76 Å². The number of carbonyl (C=O) groups is 2. The SMILES string of the molecule is Cc1[nH]c2c(C(=O)N[C@@H]3CCCN(C(=O)c4ccco4)C3)cccc2c1C. The van der Waals surface area contributed by atoms with E-state index >= 15 is 0 Å². The van der Waals surface area contributed by atoms with Crippen LogP contribution in [0.2, 0.25) is 0 Å². The molecule has 2 aromatic heterocycles. The maximum Gasteiger partial charge on any atom is 0.289 e. The van der Waals surface area contributed by atoms with E-state index < -0.39 is 0 Å². The van der Waals surface area contributed by atoms with E-state index in [1.807, 2.05) is 25.1 Å². The van der Waals surface area contributed by atoms with E-state index in [9.17, 15) is 9.59 Å². The first-order valence-electron chi connectivity index (χ1n) is 9.26. The van der Waals surface area contributed by atoms with Crippen LogP contribution in [0.25, 0.3) is 10.9 Å². The number of amides is 2. The summed E-state index contributed by atoms with van der Waals surface area (Å²) in [6.45, 7) is 5.23. The number of benzene rings is 1. The quantitative estimate of drug-likeness (QED) is 0.747. The van der Waals surface area contributed by atoms with Crippen molar-refractivity contribution in [2.24, 2.45) is 0 Å². The van der Waals surface area contributed by atoms with Gasteiger partial charge in [-0.1, -0.05) is 12.1 Å². The van der Waals surface area contributed by atoms with Crippen molar-refractivity contribution in [1.29, 1.82) is 0 Å². The van der Waals surface area contributed by atoms with Crippen molar-refractivity contribution in [3.8, 4) is 0 Å². The largest absolute Gasteiger partial charge is 0.459 e. The highest BCUT2D eigenvalue weighted by atomic mass is 16.3. The van der Waals surface area contributed by atoms with Crippen LogP contribution in [0.4, 0.5) is 0 Å². The second-order valence-electron chi connectivity index (χ2n) is 7.14. The van der Waals surface area contributed by atoms with Crippen LogP contribution in [0.5, 0.6) is 0 Å². The van der Waals surface area contributed by atoms with Gasteiger partial charge in [0.25, 0.3) is 11.8 Å². The van der Waals surface area contributed by atoms with Crippen molar-refractivity contribution >= 4 is 22.7 Å². The molecule has 0 radical (unpaired) electrons. The Bertz CT molecular complexity index is 988. The van der Waals surface area contributed by atoms with Crippen molar-refractivity contribution in [3.05, 3.63) is 59.2 Å². The molecule has 1 saturated heterocycles. The number of H-pyrrole nitrogens is 1. The molecule has 0 saturated carbocycles. The molecule has 1 aliphatic heterocycles. The Morgan fingerprint density at radius 2 is 2.07 bits per heavy atom. The van der Waals surface area contributed by atoms with E-state index in [4.69, 9.17) is 4.42 Å². The Kier molecular flexibility index (Phi) is 4.48. The highest BCUT2D eigenvalue weighted by Crippen LogP contribution is 2.24. The van der Waals surface area contributed by atoms with E-state index in [2.05, 4.69) is 17.2 Å². The molecule has 2 amide bonds. The van der Waals surface area contributed by atoms with Crippen LogP contribution in [-0.2, 0) is 0 Å². The molecule has 0 bridgehead atoms. The molecule has 140 valence electrons. The van der Waals surface area contributed by atoms with Crippen LogP contribution in [0, 0.1) is 13.8 Å².